The van der Waals surface area contributed by atoms with Gasteiger partial charge in [-0.3, -0.25) is 24.5 Å². The summed E-state index contributed by atoms with van der Waals surface area (Å²) in [6, 6.07) is 9.82. The molecular weight excluding hydrogens is 395 g/mol. The van der Waals surface area contributed by atoms with Gasteiger partial charge in [-0.1, -0.05) is 37.6 Å². The molecule has 0 unspecified atom stereocenters. The van der Waals surface area contributed by atoms with Crippen LogP contribution in [0.5, 0.6) is 0 Å². The average molecular weight is 416 g/mol. The summed E-state index contributed by atoms with van der Waals surface area (Å²) in [7, 11) is 0. The van der Waals surface area contributed by atoms with Gasteiger partial charge in [0, 0.05) is 24.1 Å². The molecule has 0 fully saturated rings. The van der Waals surface area contributed by atoms with E-state index in [4.69, 9.17) is 4.74 Å². The van der Waals surface area contributed by atoms with Gasteiger partial charge in [0.05, 0.1) is 17.0 Å². The molecular formula is C21H21FN2O6. The zero-order valence-corrected chi connectivity index (χ0v) is 16.4. The second-order valence-electron chi connectivity index (χ2n) is 6.50. The molecule has 0 aliphatic carbocycles. The first-order valence-corrected chi connectivity index (χ1v) is 9.31. The number of hydrogen-bond acceptors (Lipinski definition) is 6. The van der Waals surface area contributed by atoms with Crippen LogP contribution in [0.4, 0.5) is 15.8 Å². The Morgan fingerprint density at radius 1 is 1.10 bits per heavy atom. The average Bonchev–Trinajstić information content (AvgIpc) is 2.72. The number of Topliss-reactive ketones (excluding diaryl/α,β-unsaturated/α-hetero) is 1. The lowest BCUT2D eigenvalue weighted by Crippen LogP contribution is -2.21. The molecule has 2 aromatic rings. The van der Waals surface area contributed by atoms with Gasteiger partial charge in [0.15, 0.2) is 12.4 Å². The molecule has 1 N–H and O–H groups in total. The van der Waals surface area contributed by atoms with Crippen molar-refractivity contribution in [3.63, 3.8) is 0 Å². The number of ketones is 1. The van der Waals surface area contributed by atoms with Gasteiger partial charge in [-0.25, -0.2) is 4.39 Å². The maximum atomic E-state index is 13.6. The highest BCUT2D eigenvalue weighted by atomic mass is 19.1. The van der Waals surface area contributed by atoms with E-state index in [-0.39, 0.29) is 18.6 Å². The van der Waals surface area contributed by atoms with Crippen LogP contribution in [0, 0.1) is 15.9 Å². The number of benzene rings is 2. The first-order valence-electron chi connectivity index (χ1n) is 9.31. The van der Waals surface area contributed by atoms with E-state index in [9.17, 15) is 28.9 Å². The quantitative estimate of drug-likeness (QED) is 0.272. The van der Waals surface area contributed by atoms with Crippen molar-refractivity contribution in [3.05, 3.63) is 69.5 Å². The number of nitro groups is 1. The predicted octanol–water partition coefficient (Wildman–Crippen LogP) is 3.83. The minimum atomic E-state index is -0.865. The number of rotatable bonds is 10. The van der Waals surface area contributed by atoms with Gasteiger partial charge >= 0.3 is 5.97 Å². The lowest BCUT2D eigenvalue weighted by molar-refractivity contribution is -0.384. The van der Waals surface area contributed by atoms with E-state index in [0.717, 1.165) is 36.6 Å². The number of ether oxygens (including phenoxy) is 1. The van der Waals surface area contributed by atoms with Gasteiger partial charge in [0.1, 0.15) is 5.82 Å². The van der Waals surface area contributed by atoms with Crippen molar-refractivity contribution < 1.29 is 28.4 Å². The van der Waals surface area contributed by atoms with Crippen molar-refractivity contribution in [2.75, 3.05) is 11.9 Å². The maximum Gasteiger partial charge on any atom is 0.306 e. The normalized spacial score (nSPS) is 10.3. The number of nitro benzene ring substituents is 1. The summed E-state index contributed by atoms with van der Waals surface area (Å²) in [5.41, 5.74) is 0.818. The van der Waals surface area contributed by atoms with Crippen LogP contribution in [0.2, 0.25) is 0 Å². The highest BCUT2D eigenvalue weighted by Gasteiger charge is 2.15. The van der Waals surface area contributed by atoms with Crippen molar-refractivity contribution in [2.24, 2.45) is 0 Å². The number of nitrogens with one attached hydrogen (secondary N) is 1. The number of halogens is 1. The SMILES string of the molecule is CCCc1ccc(C(=O)CCC(=O)OCC(=O)Nc2cc([N+](=O)[O-])ccc2F)cc1. The fraction of sp³-hybridized carbons (Fsp3) is 0.286. The number of non-ortho nitro benzene ring substituents is 1. The van der Waals surface area contributed by atoms with E-state index in [1.54, 1.807) is 12.1 Å². The fourth-order valence-corrected chi connectivity index (χ4v) is 2.63. The highest BCUT2D eigenvalue weighted by Crippen LogP contribution is 2.21. The van der Waals surface area contributed by atoms with Gasteiger partial charge in [0.25, 0.3) is 11.6 Å². The largest absolute Gasteiger partial charge is 0.456 e. The number of anilines is 1. The van der Waals surface area contributed by atoms with E-state index in [2.05, 4.69) is 12.2 Å². The zero-order valence-electron chi connectivity index (χ0n) is 16.4. The number of esters is 1. The van der Waals surface area contributed by atoms with E-state index in [1.807, 2.05) is 12.1 Å². The number of aryl methyl sites for hydroxylation is 1. The van der Waals surface area contributed by atoms with Crippen LogP contribution < -0.4 is 5.32 Å². The molecule has 0 bridgehead atoms. The molecule has 0 atom stereocenters. The Kier molecular flexibility index (Phi) is 8.16. The molecule has 0 radical (unpaired) electrons. The lowest BCUT2D eigenvalue weighted by Gasteiger charge is -2.07. The van der Waals surface area contributed by atoms with Crippen molar-refractivity contribution in [1.29, 1.82) is 0 Å². The molecule has 0 aliphatic rings. The third-order valence-corrected chi connectivity index (χ3v) is 4.17. The minimum Gasteiger partial charge on any atom is -0.456 e. The smallest absolute Gasteiger partial charge is 0.306 e. The Hall–Kier alpha value is -3.62. The number of carbonyl (C=O) groups excluding carboxylic acids is 3. The summed E-state index contributed by atoms with van der Waals surface area (Å²) in [4.78, 5) is 45.7. The third-order valence-electron chi connectivity index (χ3n) is 4.17. The van der Waals surface area contributed by atoms with Crippen LogP contribution in [-0.4, -0.2) is 29.2 Å². The molecule has 8 nitrogen and oxygen atoms in total. The van der Waals surface area contributed by atoms with E-state index in [0.29, 0.717) is 5.56 Å². The lowest BCUT2D eigenvalue weighted by atomic mass is 10.0. The molecule has 2 aromatic carbocycles. The Balaban J connectivity index is 1.79. The van der Waals surface area contributed by atoms with Gasteiger partial charge in [-0.2, -0.15) is 0 Å². The molecule has 1 amide bonds. The molecule has 0 aromatic heterocycles. The van der Waals surface area contributed by atoms with E-state index in [1.165, 1.54) is 0 Å². The van der Waals surface area contributed by atoms with Gasteiger partial charge in [-0.05, 0) is 18.1 Å². The summed E-state index contributed by atoms with van der Waals surface area (Å²) < 4.78 is 18.4. The van der Waals surface area contributed by atoms with Gasteiger partial charge in [-0.15, -0.1) is 0 Å². The van der Waals surface area contributed by atoms with Crippen LogP contribution in [-0.2, 0) is 20.7 Å². The van der Waals surface area contributed by atoms with E-state index < -0.39 is 40.6 Å². The fourth-order valence-electron chi connectivity index (χ4n) is 2.63. The van der Waals surface area contributed by atoms with Crippen molar-refractivity contribution in [2.45, 2.75) is 32.6 Å². The summed E-state index contributed by atoms with van der Waals surface area (Å²) in [5.74, 6) is -2.71. The van der Waals surface area contributed by atoms with Crippen LogP contribution in [0.1, 0.15) is 42.1 Å². The molecule has 0 aliphatic heterocycles. The van der Waals surface area contributed by atoms with E-state index >= 15 is 0 Å². The molecule has 0 heterocycles. The zero-order chi connectivity index (χ0) is 22.1. The third kappa shape index (κ3) is 6.77. The van der Waals surface area contributed by atoms with Crippen LogP contribution in [0.25, 0.3) is 0 Å². The molecule has 2 rings (SSSR count). The standard InChI is InChI=1S/C21H21FN2O6/c1-2-3-14-4-6-15(7-5-14)19(25)10-11-21(27)30-13-20(26)23-18-12-16(24(28)29)8-9-17(18)22/h4-9,12H,2-3,10-11,13H2,1H3,(H,23,26). The Labute approximate surface area is 172 Å². The van der Waals surface area contributed by atoms with Crippen LogP contribution in [0.15, 0.2) is 42.5 Å². The molecule has 30 heavy (non-hydrogen) atoms. The summed E-state index contributed by atoms with van der Waals surface area (Å²) in [5, 5.41) is 12.8. The van der Waals surface area contributed by atoms with Gasteiger partial charge in [0.2, 0.25) is 0 Å². The molecule has 0 saturated carbocycles. The summed E-state index contributed by atoms with van der Waals surface area (Å²) >= 11 is 0. The predicted molar refractivity (Wildman–Crippen MR) is 107 cm³/mol. The highest BCUT2D eigenvalue weighted by molar-refractivity contribution is 5.98. The summed E-state index contributed by atoms with van der Waals surface area (Å²) in [6.07, 6.45) is 1.63. The van der Waals surface area contributed by atoms with Crippen molar-refractivity contribution in [3.8, 4) is 0 Å². The first kappa shape index (κ1) is 22.7. The molecule has 9 heteroatoms. The van der Waals surface area contributed by atoms with Gasteiger partial charge < -0.3 is 10.1 Å². The second kappa shape index (κ2) is 10.8. The van der Waals surface area contributed by atoms with Crippen molar-refractivity contribution in [1.82, 2.24) is 0 Å². The topological polar surface area (TPSA) is 116 Å². The minimum absolute atomic E-state index is 0.0763. The molecule has 0 saturated heterocycles. The van der Waals surface area contributed by atoms with Crippen molar-refractivity contribution >= 4 is 29.0 Å². The number of carbonyl (C=O) groups is 3. The second-order valence-corrected chi connectivity index (χ2v) is 6.50. The Bertz CT molecular complexity index is 943. The Morgan fingerprint density at radius 3 is 2.43 bits per heavy atom. The molecule has 0 spiro atoms. The number of nitrogens with zero attached hydrogens (tertiary/aromatic N) is 1. The number of amides is 1. The summed E-state index contributed by atoms with van der Waals surface area (Å²) in [6.45, 7) is 1.35. The first-order chi connectivity index (χ1) is 14.3. The van der Waals surface area contributed by atoms with Crippen LogP contribution >= 0.6 is 0 Å². The molecule has 158 valence electrons. The van der Waals surface area contributed by atoms with Crippen LogP contribution in [0.3, 0.4) is 0 Å². The Morgan fingerprint density at radius 2 is 1.80 bits per heavy atom. The maximum absolute atomic E-state index is 13.6. The number of hydrogen-bond donors (Lipinski definition) is 1. The monoisotopic (exact) mass is 416 g/mol.